The summed E-state index contributed by atoms with van der Waals surface area (Å²) in [6, 6.07) is 3.74. The number of rotatable bonds is 6. The lowest BCUT2D eigenvalue weighted by atomic mass is 10.1. The highest BCUT2D eigenvalue weighted by Gasteiger charge is 2.21. The van der Waals surface area contributed by atoms with Gasteiger partial charge in [0.15, 0.2) is 5.96 Å². The van der Waals surface area contributed by atoms with Gasteiger partial charge in [-0.2, -0.15) is 4.31 Å². The zero-order chi connectivity index (χ0) is 16.7. The van der Waals surface area contributed by atoms with Crippen LogP contribution < -0.4 is 11.1 Å². The van der Waals surface area contributed by atoms with E-state index in [2.05, 4.69) is 10.3 Å². The molecule has 1 aliphatic carbocycles. The summed E-state index contributed by atoms with van der Waals surface area (Å²) in [5.74, 6) is 0.416. The molecule has 0 spiro atoms. The Morgan fingerprint density at radius 1 is 1.38 bits per heavy atom. The number of guanidine groups is 1. The van der Waals surface area contributed by atoms with E-state index >= 15 is 0 Å². The van der Waals surface area contributed by atoms with Gasteiger partial charge >= 0.3 is 0 Å². The minimum Gasteiger partial charge on any atom is -0.370 e. The molecule has 0 amide bonds. The highest BCUT2D eigenvalue weighted by molar-refractivity contribution is 14.0. The van der Waals surface area contributed by atoms with Gasteiger partial charge in [0.05, 0.1) is 6.54 Å². The van der Waals surface area contributed by atoms with Gasteiger partial charge in [-0.3, -0.25) is 4.99 Å². The molecule has 138 valence electrons. The van der Waals surface area contributed by atoms with Crippen molar-refractivity contribution in [2.45, 2.75) is 48.8 Å². The number of nitrogens with one attached hydrogen (secondary N) is 1. The van der Waals surface area contributed by atoms with E-state index in [9.17, 15) is 8.42 Å². The summed E-state index contributed by atoms with van der Waals surface area (Å²) in [4.78, 5) is 4.26. The van der Waals surface area contributed by atoms with Gasteiger partial charge in [0.25, 0.3) is 10.0 Å². The van der Waals surface area contributed by atoms with Crippen LogP contribution in [-0.2, 0) is 10.0 Å². The van der Waals surface area contributed by atoms with Crippen molar-refractivity contribution < 1.29 is 8.42 Å². The van der Waals surface area contributed by atoms with Gasteiger partial charge in [-0.15, -0.1) is 35.3 Å². The predicted molar refractivity (Wildman–Crippen MR) is 111 cm³/mol. The van der Waals surface area contributed by atoms with Crippen molar-refractivity contribution in [2.24, 2.45) is 10.7 Å². The first kappa shape index (κ1) is 21.7. The Morgan fingerprint density at radius 2 is 2.04 bits per heavy atom. The van der Waals surface area contributed by atoms with Gasteiger partial charge in [0.2, 0.25) is 0 Å². The monoisotopic (exact) mass is 486 g/mol. The number of halogens is 1. The first-order chi connectivity index (χ1) is 11.0. The van der Waals surface area contributed by atoms with Gasteiger partial charge in [0.1, 0.15) is 4.21 Å². The van der Waals surface area contributed by atoms with Crippen LogP contribution in [0.4, 0.5) is 0 Å². The quantitative estimate of drug-likeness (QED) is 0.280. The first-order valence-electron chi connectivity index (χ1n) is 8.06. The van der Waals surface area contributed by atoms with Crippen molar-refractivity contribution in [1.82, 2.24) is 9.62 Å². The maximum absolute atomic E-state index is 12.3. The van der Waals surface area contributed by atoms with Crippen molar-refractivity contribution in [1.29, 1.82) is 0 Å². The average Bonchev–Trinajstić information content (AvgIpc) is 2.94. The summed E-state index contributed by atoms with van der Waals surface area (Å²) in [7, 11) is -1.84. The molecule has 2 rings (SSSR count). The third kappa shape index (κ3) is 6.49. The molecule has 6 nitrogen and oxygen atoms in total. The number of sulfonamides is 1. The molecule has 0 radical (unpaired) electrons. The van der Waals surface area contributed by atoms with E-state index in [1.807, 2.05) is 0 Å². The molecular weight excluding hydrogens is 459 g/mol. The van der Waals surface area contributed by atoms with Crippen molar-refractivity contribution in [2.75, 3.05) is 20.1 Å². The third-order valence-corrected chi connectivity index (χ3v) is 7.29. The molecule has 1 aliphatic rings. The van der Waals surface area contributed by atoms with Crippen LogP contribution in [0.15, 0.2) is 26.7 Å². The fourth-order valence-electron chi connectivity index (χ4n) is 2.67. The standard InChI is InChI=1S/C15H26N4O2S2.HI/c1-19(23(20,21)14-9-6-12-22-14)11-10-17-15(16)18-13-7-4-2-3-5-8-13;/h6,9,12-13H,2-5,7-8,10-11H2,1H3,(H3,16,17,18);1H. The first-order valence-corrected chi connectivity index (χ1v) is 10.4. The maximum atomic E-state index is 12.3. The van der Waals surface area contributed by atoms with Gasteiger partial charge in [0, 0.05) is 19.6 Å². The van der Waals surface area contributed by atoms with Crippen LogP contribution in [0.1, 0.15) is 38.5 Å². The average molecular weight is 486 g/mol. The minimum atomic E-state index is -3.40. The van der Waals surface area contributed by atoms with Crippen LogP contribution in [0.3, 0.4) is 0 Å². The lowest BCUT2D eigenvalue weighted by Crippen LogP contribution is -2.40. The van der Waals surface area contributed by atoms with Crippen molar-refractivity contribution >= 4 is 51.3 Å². The van der Waals surface area contributed by atoms with Crippen molar-refractivity contribution in [3.8, 4) is 0 Å². The summed E-state index contributed by atoms with van der Waals surface area (Å²) in [5, 5.41) is 5.02. The Hall–Kier alpha value is -0.390. The number of nitrogens with two attached hydrogens (primary N) is 1. The number of hydrogen-bond acceptors (Lipinski definition) is 4. The van der Waals surface area contributed by atoms with Gasteiger partial charge in [-0.25, -0.2) is 8.42 Å². The second-order valence-electron chi connectivity index (χ2n) is 5.86. The molecule has 0 atom stereocenters. The largest absolute Gasteiger partial charge is 0.370 e. The molecule has 0 aliphatic heterocycles. The van der Waals surface area contributed by atoms with E-state index in [0.717, 1.165) is 12.8 Å². The molecule has 0 aromatic carbocycles. The number of aliphatic imine (C=N–C) groups is 1. The second-order valence-corrected chi connectivity index (χ2v) is 9.08. The smallest absolute Gasteiger partial charge is 0.252 e. The molecule has 1 fully saturated rings. The summed E-state index contributed by atoms with van der Waals surface area (Å²) in [5.41, 5.74) is 5.92. The van der Waals surface area contributed by atoms with E-state index in [0.29, 0.717) is 29.3 Å². The molecule has 1 aromatic rings. The molecule has 1 aromatic heterocycles. The minimum absolute atomic E-state index is 0. The fourth-order valence-corrected chi connectivity index (χ4v) is 5.04. The van der Waals surface area contributed by atoms with E-state index in [-0.39, 0.29) is 24.0 Å². The van der Waals surface area contributed by atoms with Crippen molar-refractivity contribution in [3.05, 3.63) is 17.5 Å². The van der Waals surface area contributed by atoms with Crippen LogP contribution in [0.5, 0.6) is 0 Å². The molecule has 0 saturated heterocycles. The van der Waals surface area contributed by atoms with Crippen LogP contribution in [-0.4, -0.2) is 44.9 Å². The van der Waals surface area contributed by atoms with Crippen LogP contribution in [0, 0.1) is 0 Å². The van der Waals surface area contributed by atoms with Crippen LogP contribution in [0.25, 0.3) is 0 Å². The number of likely N-dealkylation sites (N-methyl/N-ethyl adjacent to an activating group) is 1. The predicted octanol–water partition coefficient (Wildman–Crippen LogP) is 2.61. The summed E-state index contributed by atoms with van der Waals surface area (Å²) >= 11 is 1.22. The van der Waals surface area contributed by atoms with Gasteiger partial charge in [-0.05, 0) is 24.3 Å². The van der Waals surface area contributed by atoms with Crippen LogP contribution >= 0.6 is 35.3 Å². The number of nitrogens with zero attached hydrogens (tertiary/aromatic N) is 2. The van der Waals surface area contributed by atoms with E-state index in [1.54, 1.807) is 24.6 Å². The second kappa shape index (κ2) is 10.6. The third-order valence-electron chi connectivity index (χ3n) is 4.06. The van der Waals surface area contributed by atoms with E-state index in [4.69, 9.17) is 5.73 Å². The highest BCUT2D eigenvalue weighted by atomic mass is 127. The fraction of sp³-hybridized carbons (Fsp3) is 0.667. The maximum Gasteiger partial charge on any atom is 0.252 e. The van der Waals surface area contributed by atoms with E-state index in [1.165, 1.54) is 41.3 Å². The number of hydrogen-bond donors (Lipinski definition) is 2. The Kier molecular flexibility index (Phi) is 9.53. The number of thiophene rings is 1. The van der Waals surface area contributed by atoms with Crippen molar-refractivity contribution in [3.63, 3.8) is 0 Å². The summed E-state index contributed by atoms with van der Waals surface area (Å²) < 4.78 is 26.2. The topological polar surface area (TPSA) is 87.8 Å². The summed E-state index contributed by atoms with van der Waals surface area (Å²) in [6.45, 7) is 0.667. The SMILES string of the molecule is CN(CCN=C(N)NC1CCCCCC1)S(=O)(=O)c1cccs1.I. The Bertz CT molecular complexity index is 597. The van der Waals surface area contributed by atoms with Gasteiger partial charge in [-0.1, -0.05) is 31.7 Å². The highest BCUT2D eigenvalue weighted by Crippen LogP contribution is 2.19. The zero-order valence-corrected chi connectivity index (χ0v) is 17.9. The molecule has 0 unspecified atom stereocenters. The lowest BCUT2D eigenvalue weighted by molar-refractivity contribution is 0.477. The molecule has 24 heavy (non-hydrogen) atoms. The Labute approximate surface area is 166 Å². The molecule has 9 heteroatoms. The lowest BCUT2D eigenvalue weighted by Gasteiger charge is -2.17. The normalized spacial score (nSPS) is 17.3. The molecular formula is C15H27IN4O2S2. The molecule has 0 bridgehead atoms. The van der Waals surface area contributed by atoms with Gasteiger partial charge < -0.3 is 11.1 Å². The zero-order valence-electron chi connectivity index (χ0n) is 14.0. The molecule has 1 saturated carbocycles. The van der Waals surface area contributed by atoms with E-state index < -0.39 is 10.0 Å². The Morgan fingerprint density at radius 3 is 2.62 bits per heavy atom. The molecule has 1 heterocycles. The summed E-state index contributed by atoms with van der Waals surface area (Å²) in [6.07, 6.45) is 7.30. The van der Waals surface area contributed by atoms with Crippen LogP contribution in [0.2, 0.25) is 0 Å². The Balaban J connectivity index is 0.00000288. The molecule has 3 N–H and O–H groups in total.